The molecule has 0 aromatic heterocycles. The SMILES string of the molecule is O=C(Nc1ccc2c(c1)OCO2)c1ccc(N2CCOCC2)c([N+](=O)[O-])c1. The first kappa shape index (κ1) is 17.1. The Hall–Kier alpha value is -3.33. The van der Waals surface area contributed by atoms with Crippen LogP contribution in [-0.4, -0.2) is 43.9 Å². The highest BCUT2D eigenvalue weighted by atomic mass is 16.7. The molecule has 4 rings (SSSR count). The third-order valence-electron chi connectivity index (χ3n) is 4.42. The molecule has 0 spiro atoms. The predicted molar refractivity (Wildman–Crippen MR) is 96.6 cm³/mol. The highest BCUT2D eigenvalue weighted by Crippen LogP contribution is 2.35. The summed E-state index contributed by atoms with van der Waals surface area (Å²) in [7, 11) is 0. The van der Waals surface area contributed by atoms with Crippen LogP contribution in [0.5, 0.6) is 11.5 Å². The van der Waals surface area contributed by atoms with Gasteiger partial charge < -0.3 is 24.4 Å². The number of hydrogen-bond donors (Lipinski definition) is 1. The zero-order chi connectivity index (χ0) is 18.8. The third kappa shape index (κ3) is 3.49. The van der Waals surface area contributed by atoms with Gasteiger partial charge in [0, 0.05) is 36.5 Å². The van der Waals surface area contributed by atoms with E-state index in [0.29, 0.717) is 49.2 Å². The summed E-state index contributed by atoms with van der Waals surface area (Å²) in [4.78, 5) is 25.5. The van der Waals surface area contributed by atoms with E-state index in [0.717, 1.165) is 0 Å². The van der Waals surface area contributed by atoms with Crippen molar-refractivity contribution < 1.29 is 23.9 Å². The van der Waals surface area contributed by atoms with Crippen molar-refractivity contribution in [3.8, 4) is 11.5 Å². The van der Waals surface area contributed by atoms with Crippen LogP contribution in [0.2, 0.25) is 0 Å². The second kappa shape index (κ2) is 7.12. The third-order valence-corrected chi connectivity index (χ3v) is 4.42. The normalized spacial score (nSPS) is 15.5. The van der Waals surface area contributed by atoms with Crippen LogP contribution in [0.15, 0.2) is 36.4 Å². The van der Waals surface area contributed by atoms with E-state index in [2.05, 4.69) is 5.32 Å². The minimum Gasteiger partial charge on any atom is -0.454 e. The molecule has 0 unspecified atom stereocenters. The maximum Gasteiger partial charge on any atom is 0.293 e. The molecular weight excluding hydrogens is 354 g/mol. The van der Waals surface area contributed by atoms with Gasteiger partial charge in [-0.05, 0) is 24.3 Å². The molecule has 0 radical (unpaired) electrons. The lowest BCUT2D eigenvalue weighted by Gasteiger charge is -2.28. The first-order valence-corrected chi connectivity index (χ1v) is 8.44. The first-order chi connectivity index (χ1) is 13.1. The largest absolute Gasteiger partial charge is 0.454 e. The van der Waals surface area contributed by atoms with Gasteiger partial charge in [0.25, 0.3) is 11.6 Å². The number of nitro benzene ring substituents is 1. The summed E-state index contributed by atoms with van der Waals surface area (Å²) in [6, 6.07) is 9.52. The maximum absolute atomic E-state index is 12.5. The number of carbonyl (C=O) groups excluding carboxylic acids is 1. The van der Waals surface area contributed by atoms with Gasteiger partial charge in [0.2, 0.25) is 6.79 Å². The number of nitrogens with one attached hydrogen (secondary N) is 1. The standard InChI is InChI=1S/C18H17N3O6/c22-18(19-13-2-4-16-17(10-13)27-11-26-16)12-1-3-14(15(9-12)21(23)24)20-5-7-25-8-6-20/h1-4,9-10H,5-8,11H2,(H,19,22). The molecular formula is C18H17N3O6. The van der Waals surface area contributed by atoms with Crippen molar-refractivity contribution in [2.75, 3.05) is 43.3 Å². The van der Waals surface area contributed by atoms with Crippen LogP contribution >= 0.6 is 0 Å². The Kier molecular flexibility index (Phi) is 4.51. The highest BCUT2D eigenvalue weighted by molar-refractivity contribution is 6.05. The summed E-state index contributed by atoms with van der Waals surface area (Å²) < 4.78 is 15.8. The van der Waals surface area contributed by atoms with E-state index in [9.17, 15) is 14.9 Å². The fourth-order valence-electron chi connectivity index (χ4n) is 3.06. The fraction of sp³-hybridized carbons (Fsp3) is 0.278. The van der Waals surface area contributed by atoms with Crippen LogP contribution in [-0.2, 0) is 4.74 Å². The fourth-order valence-corrected chi connectivity index (χ4v) is 3.06. The van der Waals surface area contributed by atoms with Crippen molar-refractivity contribution in [1.29, 1.82) is 0 Å². The minimum atomic E-state index is -0.470. The topological polar surface area (TPSA) is 103 Å². The van der Waals surface area contributed by atoms with E-state index in [1.54, 1.807) is 30.3 Å². The summed E-state index contributed by atoms with van der Waals surface area (Å²) in [6.07, 6.45) is 0. The summed E-state index contributed by atoms with van der Waals surface area (Å²) >= 11 is 0. The molecule has 1 fully saturated rings. The molecule has 140 valence electrons. The van der Waals surface area contributed by atoms with Crippen LogP contribution < -0.4 is 19.7 Å². The van der Waals surface area contributed by atoms with Crippen molar-refractivity contribution in [2.45, 2.75) is 0 Å². The monoisotopic (exact) mass is 371 g/mol. The van der Waals surface area contributed by atoms with Gasteiger partial charge in [0.05, 0.1) is 18.1 Å². The molecule has 2 aromatic carbocycles. The number of ether oxygens (including phenoxy) is 3. The zero-order valence-corrected chi connectivity index (χ0v) is 14.3. The molecule has 9 nitrogen and oxygen atoms in total. The Morgan fingerprint density at radius 1 is 1.07 bits per heavy atom. The number of carbonyl (C=O) groups is 1. The number of benzene rings is 2. The molecule has 1 amide bonds. The van der Waals surface area contributed by atoms with Crippen LogP contribution in [0.3, 0.4) is 0 Å². The van der Waals surface area contributed by atoms with Crippen molar-refractivity contribution in [3.63, 3.8) is 0 Å². The van der Waals surface area contributed by atoms with E-state index < -0.39 is 10.8 Å². The molecule has 0 atom stereocenters. The highest BCUT2D eigenvalue weighted by Gasteiger charge is 2.23. The molecule has 0 bridgehead atoms. The maximum atomic E-state index is 12.5. The summed E-state index contributed by atoms with van der Waals surface area (Å²) in [5.74, 6) is 0.713. The number of morpholine rings is 1. The molecule has 2 aromatic rings. The van der Waals surface area contributed by atoms with Crippen molar-refractivity contribution in [3.05, 3.63) is 52.1 Å². The van der Waals surface area contributed by atoms with Crippen LogP contribution in [0.1, 0.15) is 10.4 Å². The van der Waals surface area contributed by atoms with Gasteiger partial charge in [-0.1, -0.05) is 0 Å². The van der Waals surface area contributed by atoms with Gasteiger partial charge in [-0.2, -0.15) is 0 Å². The van der Waals surface area contributed by atoms with Gasteiger partial charge in [0.15, 0.2) is 11.5 Å². The van der Waals surface area contributed by atoms with Gasteiger partial charge in [-0.3, -0.25) is 14.9 Å². The average Bonchev–Trinajstić information content (AvgIpc) is 3.16. The number of amides is 1. The smallest absolute Gasteiger partial charge is 0.293 e. The van der Waals surface area contributed by atoms with Gasteiger partial charge in [-0.15, -0.1) is 0 Å². The van der Waals surface area contributed by atoms with Crippen molar-refractivity contribution in [2.24, 2.45) is 0 Å². The molecule has 2 aliphatic rings. The van der Waals surface area contributed by atoms with Crippen molar-refractivity contribution >= 4 is 23.0 Å². The quantitative estimate of drug-likeness (QED) is 0.650. The molecule has 0 aliphatic carbocycles. The van der Waals surface area contributed by atoms with E-state index in [4.69, 9.17) is 14.2 Å². The Morgan fingerprint density at radius 2 is 1.85 bits per heavy atom. The number of anilines is 2. The van der Waals surface area contributed by atoms with Crippen LogP contribution in [0, 0.1) is 10.1 Å². The molecule has 1 N–H and O–H groups in total. The summed E-state index contributed by atoms with van der Waals surface area (Å²) in [5.41, 5.74) is 1.11. The first-order valence-electron chi connectivity index (χ1n) is 8.44. The number of nitro groups is 1. The van der Waals surface area contributed by atoms with Crippen LogP contribution in [0.4, 0.5) is 17.1 Å². The molecule has 2 heterocycles. The Labute approximate surface area is 154 Å². The van der Waals surface area contributed by atoms with Gasteiger partial charge >= 0.3 is 0 Å². The molecule has 27 heavy (non-hydrogen) atoms. The number of hydrogen-bond acceptors (Lipinski definition) is 7. The van der Waals surface area contributed by atoms with E-state index >= 15 is 0 Å². The zero-order valence-electron chi connectivity index (χ0n) is 14.3. The molecule has 9 heteroatoms. The van der Waals surface area contributed by atoms with Crippen LogP contribution in [0.25, 0.3) is 0 Å². The lowest BCUT2D eigenvalue weighted by Crippen LogP contribution is -2.36. The summed E-state index contributed by atoms with van der Waals surface area (Å²) in [6.45, 7) is 2.32. The lowest BCUT2D eigenvalue weighted by atomic mass is 10.1. The minimum absolute atomic E-state index is 0.102. The van der Waals surface area contributed by atoms with E-state index in [-0.39, 0.29) is 18.0 Å². The molecule has 1 saturated heterocycles. The second-order valence-electron chi connectivity index (χ2n) is 6.08. The summed E-state index contributed by atoms with van der Waals surface area (Å²) in [5, 5.41) is 14.2. The Balaban J connectivity index is 1.56. The number of fused-ring (bicyclic) bond motifs is 1. The van der Waals surface area contributed by atoms with E-state index in [1.165, 1.54) is 6.07 Å². The lowest BCUT2D eigenvalue weighted by molar-refractivity contribution is -0.384. The Morgan fingerprint density at radius 3 is 2.63 bits per heavy atom. The predicted octanol–water partition coefficient (Wildman–Crippen LogP) is 2.41. The van der Waals surface area contributed by atoms with Gasteiger partial charge in [0.1, 0.15) is 5.69 Å². The number of nitrogens with zero attached hydrogens (tertiary/aromatic N) is 2. The van der Waals surface area contributed by atoms with Gasteiger partial charge in [-0.25, -0.2) is 0 Å². The number of rotatable bonds is 4. The Bertz CT molecular complexity index is 895. The molecule has 0 saturated carbocycles. The van der Waals surface area contributed by atoms with E-state index in [1.807, 2.05) is 4.90 Å². The molecule has 2 aliphatic heterocycles. The second-order valence-corrected chi connectivity index (χ2v) is 6.08. The van der Waals surface area contributed by atoms with Crippen molar-refractivity contribution in [1.82, 2.24) is 0 Å². The average molecular weight is 371 g/mol.